The summed E-state index contributed by atoms with van der Waals surface area (Å²) in [5, 5.41) is 7.12. The fourth-order valence-corrected chi connectivity index (χ4v) is 4.12. The Kier molecular flexibility index (Phi) is 4.52. The number of sulfone groups is 1. The van der Waals surface area contributed by atoms with Crippen LogP contribution in [0, 0.1) is 5.82 Å². The van der Waals surface area contributed by atoms with Crippen LogP contribution in [-0.4, -0.2) is 35.6 Å². The Balaban J connectivity index is 1.70. The first-order valence-corrected chi connectivity index (χ1v) is 10.9. The molecule has 2 aromatic heterocycles. The zero-order valence-corrected chi connectivity index (χ0v) is 16.1. The lowest BCUT2D eigenvalue weighted by Crippen LogP contribution is -2.01. The number of hydrogen-bond donors (Lipinski definition) is 0. The second-order valence-electron chi connectivity index (χ2n) is 6.09. The molecule has 0 N–H and O–H groups in total. The number of carbonyl (C=O) groups excluding carboxylic acids is 1. The standard InChI is InChI=1S/C18H12FN3O4S2/c1-28(24,25)9-14-21-22-17(26-14)16(23)18-20-15-12(19)7-11(8-13(15)27-18)10-5-3-2-4-6-10/h2-8H,9H2,1H3. The van der Waals surface area contributed by atoms with E-state index in [1.165, 1.54) is 6.07 Å². The van der Waals surface area contributed by atoms with Crippen molar-refractivity contribution < 1.29 is 22.0 Å². The van der Waals surface area contributed by atoms with Crippen LogP contribution in [0.4, 0.5) is 4.39 Å². The molecule has 0 spiro atoms. The van der Waals surface area contributed by atoms with Crippen LogP contribution in [0.2, 0.25) is 0 Å². The zero-order chi connectivity index (χ0) is 19.9. The summed E-state index contributed by atoms with van der Waals surface area (Å²) in [6.45, 7) is 0. The molecule has 4 rings (SSSR count). The topological polar surface area (TPSA) is 103 Å². The van der Waals surface area contributed by atoms with E-state index >= 15 is 0 Å². The molecule has 0 aliphatic rings. The maximum Gasteiger partial charge on any atom is 0.291 e. The third kappa shape index (κ3) is 3.69. The minimum absolute atomic E-state index is 0.0198. The van der Waals surface area contributed by atoms with E-state index in [0.29, 0.717) is 10.3 Å². The molecule has 0 fully saturated rings. The van der Waals surface area contributed by atoms with Crippen molar-refractivity contribution in [3.05, 3.63) is 65.1 Å². The first kappa shape index (κ1) is 18.4. The number of thiazole rings is 1. The van der Waals surface area contributed by atoms with E-state index in [9.17, 15) is 17.6 Å². The van der Waals surface area contributed by atoms with E-state index < -0.39 is 27.2 Å². The first-order valence-electron chi connectivity index (χ1n) is 8.00. The van der Waals surface area contributed by atoms with E-state index in [2.05, 4.69) is 15.2 Å². The van der Waals surface area contributed by atoms with Gasteiger partial charge in [-0.3, -0.25) is 4.79 Å². The predicted octanol–water partition coefficient (Wildman–Crippen LogP) is 3.26. The van der Waals surface area contributed by atoms with Crippen molar-refractivity contribution in [3.63, 3.8) is 0 Å². The number of ketones is 1. The van der Waals surface area contributed by atoms with Gasteiger partial charge in [0.05, 0.1) is 4.70 Å². The van der Waals surface area contributed by atoms with Crippen molar-refractivity contribution in [1.29, 1.82) is 0 Å². The van der Waals surface area contributed by atoms with Crippen LogP contribution in [-0.2, 0) is 15.6 Å². The quantitative estimate of drug-likeness (QED) is 0.459. The Hall–Kier alpha value is -2.98. The number of hydrogen-bond acceptors (Lipinski definition) is 8. The third-order valence-electron chi connectivity index (χ3n) is 3.80. The van der Waals surface area contributed by atoms with Gasteiger partial charge >= 0.3 is 0 Å². The van der Waals surface area contributed by atoms with Crippen LogP contribution in [0.15, 0.2) is 46.9 Å². The average molecular weight is 417 g/mol. The number of carbonyl (C=O) groups is 1. The molecule has 2 aromatic carbocycles. The van der Waals surface area contributed by atoms with Crippen molar-refractivity contribution >= 4 is 37.2 Å². The van der Waals surface area contributed by atoms with Crippen LogP contribution in [0.25, 0.3) is 21.3 Å². The summed E-state index contributed by atoms with van der Waals surface area (Å²) >= 11 is 0.999. The van der Waals surface area contributed by atoms with Gasteiger partial charge in [0.1, 0.15) is 11.3 Å². The lowest BCUT2D eigenvalue weighted by molar-refractivity contribution is 0.100. The number of fused-ring (bicyclic) bond motifs is 1. The molecular weight excluding hydrogens is 405 g/mol. The molecule has 0 atom stereocenters. The average Bonchev–Trinajstić information content (AvgIpc) is 3.27. The fraction of sp³-hybridized carbons (Fsp3) is 0.111. The highest BCUT2D eigenvalue weighted by atomic mass is 32.2. The monoisotopic (exact) mass is 417 g/mol. The van der Waals surface area contributed by atoms with Gasteiger partial charge in [-0.05, 0) is 23.3 Å². The summed E-state index contributed by atoms with van der Waals surface area (Å²) in [5.41, 5.74) is 1.58. The summed E-state index contributed by atoms with van der Waals surface area (Å²) < 4.78 is 42.7. The van der Waals surface area contributed by atoms with Gasteiger partial charge in [-0.25, -0.2) is 17.8 Å². The van der Waals surface area contributed by atoms with Gasteiger partial charge in [-0.15, -0.1) is 21.5 Å². The Morgan fingerprint density at radius 2 is 1.89 bits per heavy atom. The molecular formula is C18H12FN3O4S2. The summed E-state index contributed by atoms with van der Waals surface area (Å²) in [5.74, 6) is -2.28. The van der Waals surface area contributed by atoms with Crippen LogP contribution in [0.1, 0.15) is 21.6 Å². The molecule has 0 unspecified atom stereocenters. The number of nitrogens with zero attached hydrogens (tertiary/aromatic N) is 3. The van der Waals surface area contributed by atoms with Gasteiger partial charge in [0.25, 0.3) is 11.7 Å². The second kappa shape index (κ2) is 6.88. The molecule has 0 amide bonds. The third-order valence-corrected chi connectivity index (χ3v) is 5.57. The van der Waals surface area contributed by atoms with Gasteiger partial charge in [0, 0.05) is 6.26 Å². The molecule has 0 aliphatic carbocycles. The Morgan fingerprint density at radius 3 is 2.61 bits per heavy atom. The summed E-state index contributed by atoms with van der Waals surface area (Å²) in [4.78, 5) is 16.6. The van der Waals surface area contributed by atoms with Gasteiger partial charge in [0.15, 0.2) is 20.7 Å². The highest BCUT2D eigenvalue weighted by Crippen LogP contribution is 2.31. The van der Waals surface area contributed by atoms with Crippen molar-refractivity contribution in [2.24, 2.45) is 0 Å². The van der Waals surface area contributed by atoms with Crippen LogP contribution < -0.4 is 0 Å². The molecule has 0 bridgehead atoms. The van der Waals surface area contributed by atoms with Crippen LogP contribution in [0.5, 0.6) is 0 Å². The summed E-state index contributed by atoms with van der Waals surface area (Å²) in [7, 11) is -3.38. The van der Waals surface area contributed by atoms with Crippen LogP contribution in [0.3, 0.4) is 0 Å². The fourth-order valence-electron chi connectivity index (χ4n) is 2.60. The molecule has 2 heterocycles. The summed E-state index contributed by atoms with van der Waals surface area (Å²) in [6, 6.07) is 12.4. The lowest BCUT2D eigenvalue weighted by Gasteiger charge is -2.01. The van der Waals surface area contributed by atoms with Gasteiger partial charge in [0.2, 0.25) is 5.89 Å². The van der Waals surface area contributed by atoms with Crippen molar-refractivity contribution in [2.45, 2.75) is 5.75 Å². The molecule has 0 saturated heterocycles. The SMILES string of the molecule is CS(=O)(=O)Cc1nnc(C(=O)c2nc3c(F)cc(-c4ccccc4)cc3s2)o1. The molecule has 0 saturated carbocycles. The molecule has 4 aromatic rings. The molecule has 10 heteroatoms. The second-order valence-corrected chi connectivity index (χ2v) is 9.26. The van der Waals surface area contributed by atoms with Crippen LogP contribution >= 0.6 is 11.3 Å². The van der Waals surface area contributed by atoms with E-state index in [0.717, 1.165) is 23.2 Å². The van der Waals surface area contributed by atoms with Gasteiger partial charge < -0.3 is 4.42 Å². The maximum atomic E-state index is 14.5. The Morgan fingerprint density at radius 1 is 1.14 bits per heavy atom. The normalized spacial score (nSPS) is 11.8. The lowest BCUT2D eigenvalue weighted by atomic mass is 10.1. The number of rotatable bonds is 5. The van der Waals surface area contributed by atoms with E-state index in [1.807, 2.05) is 30.3 Å². The maximum absolute atomic E-state index is 14.5. The first-order chi connectivity index (χ1) is 13.3. The number of benzene rings is 2. The van der Waals surface area contributed by atoms with Crippen molar-refractivity contribution in [1.82, 2.24) is 15.2 Å². The highest BCUT2D eigenvalue weighted by Gasteiger charge is 2.23. The minimum atomic E-state index is -3.38. The number of aromatic nitrogens is 3. The van der Waals surface area contributed by atoms with E-state index in [-0.39, 0.29) is 22.3 Å². The largest absolute Gasteiger partial charge is 0.417 e. The minimum Gasteiger partial charge on any atom is -0.417 e. The molecule has 0 aliphatic heterocycles. The van der Waals surface area contributed by atoms with E-state index in [1.54, 1.807) is 6.07 Å². The van der Waals surface area contributed by atoms with Crippen molar-refractivity contribution in [2.75, 3.05) is 6.26 Å². The van der Waals surface area contributed by atoms with Gasteiger partial charge in [-0.2, -0.15) is 0 Å². The van der Waals surface area contributed by atoms with Crippen molar-refractivity contribution in [3.8, 4) is 11.1 Å². The molecule has 142 valence electrons. The Bertz CT molecular complexity index is 1300. The smallest absolute Gasteiger partial charge is 0.291 e. The molecule has 7 nitrogen and oxygen atoms in total. The summed E-state index contributed by atoms with van der Waals surface area (Å²) in [6.07, 6.45) is 1.01. The highest BCUT2D eigenvalue weighted by molar-refractivity contribution is 7.89. The number of halogens is 1. The van der Waals surface area contributed by atoms with E-state index in [4.69, 9.17) is 4.42 Å². The molecule has 0 radical (unpaired) electrons. The Labute approximate surface area is 162 Å². The van der Waals surface area contributed by atoms with Gasteiger partial charge in [-0.1, -0.05) is 30.3 Å². The zero-order valence-electron chi connectivity index (χ0n) is 14.4. The molecule has 28 heavy (non-hydrogen) atoms. The predicted molar refractivity (Wildman–Crippen MR) is 101 cm³/mol.